The second-order valence-corrected chi connectivity index (χ2v) is 6.07. The third-order valence-electron chi connectivity index (χ3n) is 2.77. The zero-order chi connectivity index (χ0) is 14.6. The molecule has 0 radical (unpaired) electrons. The third-order valence-corrected chi connectivity index (χ3v) is 4.02. The smallest absolute Gasteiger partial charge is 0.414 e. The average molecular weight is 300 g/mol. The van der Waals surface area contributed by atoms with Gasteiger partial charge in [-0.2, -0.15) is 0 Å². The second-order valence-electron chi connectivity index (χ2n) is 4.23. The van der Waals surface area contributed by atoms with Crippen molar-refractivity contribution >= 4 is 27.5 Å². The van der Waals surface area contributed by atoms with E-state index in [1.165, 1.54) is 12.0 Å². The summed E-state index contributed by atoms with van der Waals surface area (Å²) < 4.78 is 35.4. The highest BCUT2D eigenvalue weighted by Crippen LogP contribution is 2.21. The molecule has 0 saturated carbocycles. The lowest BCUT2D eigenvalue weighted by Gasteiger charge is -2.13. The van der Waals surface area contributed by atoms with Crippen molar-refractivity contribution in [3.05, 3.63) is 24.3 Å². The van der Waals surface area contributed by atoms with E-state index in [1.54, 1.807) is 24.3 Å². The van der Waals surface area contributed by atoms with Gasteiger partial charge in [-0.3, -0.25) is 9.62 Å². The summed E-state index contributed by atoms with van der Waals surface area (Å²) >= 11 is 0. The van der Waals surface area contributed by atoms with Crippen LogP contribution in [0.2, 0.25) is 0 Å². The van der Waals surface area contributed by atoms with Crippen LogP contribution in [-0.4, -0.2) is 47.1 Å². The summed E-state index contributed by atoms with van der Waals surface area (Å²) in [5.74, 6) is -0.107. The molecule has 1 saturated heterocycles. The molecular weight excluding hydrogens is 284 g/mol. The van der Waals surface area contributed by atoms with Crippen molar-refractivity contribution in [2.75, 3.05) is 42.2 Å². The first-order valence-corrected chi connectivity index (χ1v) is 7.71. The molecule has 8 heteroatoms. The summed E-state index contributed by atoms with van der Waals surface area (Å²) in [6, 6.07) is 6.54. The number of amides is 1. The molecule has 1 amide bonds. The van der Waals surface area contributed by atoms with Crippen LogP contribution in [0.1, 0.15) is 0 Å². The van der Waals surface area contributed by atoms with Crippen molar-refractivity contribution in [2.24, 2.45) is 0 Å². The van der Waals surface area contributed by atoms with Crippen molar-refractivity contribution in [3.63, 3.8) is 0 Å². The van der Waals surface area contributed by atoms with Crippen LogP contribution >= 0.6 is 0 Å². The Balaban J connectivity index is 2.03. The highest BCUT2D eigenvalue weighted by atomic mass is 32.2. The normalized spacial score (nSPS) is 15.2. The summed E-state index contributed by atoms with van der Waals surface area (Å²) in [7, 11) is -1.98. The first-order valence-electron chi connectivity index (χ1n) is 6.05. The summed E-state index contributed by atoms with van der Waals surface area (Å²) in [6.45, 7) is 0.995. The monoisotopic (exact) mass is 300 g/mol. The molecule has 0 bridgehead atoms. The zero-order valence-electron chi connectivity index (χ0n) is 11.0. The lowest BCUT2D eigenvalue weighted by Crippen LogP contribution is -2.23. The number of hydrogen-bond acceptors (Lipinski definition) is 5. The van der Waals surface area contributed by atoms with Gasteiger partial charge in [0.2, 0.25) is 10.0 Å². The van der Waals surface area contributed by atoms with Crippen LogP contribution in [0.3, 0.4) is 0 Å². The maximum Gasteiger partial charge on any atom is 0.414 e. The van der Waals surface area contributed by atoms with Crippen LogP contribution in [0, 0.1) is 0 Å². The van der Waals surface area contributed by atoms with Gasteiger partial charge in [0.1, 0.15) is 6.61 Å². The minimum Gasteiger partial charge on any atom is -0.447 e. The predicted molar refractivity (Wildman–Crippen MR) is 74.4 cm³/mol. The number of nitrogens with one attached hydrogen (secondary N) is 1. The molecule has 1 N–H and O–H groups in total. The van der Waals surface area contributed by atoms with Crippen molar-refractivity contribution < 1.29 is 22.7 Å². The van der Waals surface area contributed by atoms with Gasteiger partial charge < -0.3 is 9.47 Å². The van der Waals surface area contributed by atoms with Gasteiger partial charge in [-0.15, -0.1) is 0 Å². The molecular formula is C12H16N2O5S. The quantitative estimate of drug-likeness (QED) is 0.848. The molecule has 20 heavy (non-hydrogen) atoms. The molecule has 1 aromatic rings. The molecule has 0 aliphatic carbocycles. The van der Waals surface area contributed by atoms with E-state index in [2.05, 4.69) is 4.72 Å². The molecule has 0 unspecified atom stereocenters. The lowest BCUT2D eigenvalue weighted by molar-refractivity contribution is 0.181. The maximum absolute atomic E-state index is 11.7. The first kappa shape index (κ1) is 14.6. The Labute approximate surface area is 117 Å². The number of rotatable bonds is 6. The van der Waals surface area contributed by atoms with Crippen molar-refractivity contribution in [2.45, 2.75) is 0 Å². The number of ether oxygens (including phenoxy) is 2. The van der Waals surface area contributed by atoms with E-state index in [0.29, 0.717) is 24.5 Å². The van der Waals surface area contributed by atoms with E-state index in [9.17, 15) is 13.2 Å². The van der Waals surface area contributed by atoms with Crippen LogP contribution in [0.15, 0.2) is 24.3 Å². The van der Waals surface area contributed by atoms with Crippen LogP contribution in [0.5, 0.6) is 0 Å². The molecule has 1 fully saturated rings. The Bertz CT molecular complexity index is 570. The predicted octanol–water partition coefficient (Wildman–Crippen LogP) is 1.03. The number of benzene rings is 1. The fourth-order valence-electron chi connectivity index (χ4n) is 1.76. The molecule has 0 atom stereocenters. The minimum absolute atomic E-state index is 0.107. The zero-order valence-corrected chi connectivity index (χ0v) is 11.9. The maximum atomic E-state index is 11.7. The Morgan fingerprint density at radius 2 is 2.05 bits per heavy atom. The van der Waals surface area contributed by atoms with Crippen LogP contribution < -0.4 is 9.62 Å². The summed E-state index contributed by atoms with van der Waals surface area (Å²) in [5.41, 5.74) is 1.12. The first-order chi connectivity index (χ1) is 9.52. The molecule has 1 aliphatic rings. The number of hydrogen-bond donors (Lipinski definition) is 1. The Hall–Kier alpha value is -1.80. The summed E-state index contributed by atoms with van der Waals surface area (Å²) in [4.78, 5) is 12.9. The number of carbonyl (C=O) groups excluding carboxylic acids is 1. The number of carbonyl (C=O) groups is 1. The summed E-state index contributed by atoms with van der Waals surface area (Å²) in [5, 5.41) is 0. The Kier molecular flexibility index (Phi) is 4.46. The van der Waals surface area contributed by atoms with Crippen molar-refractivity contribution in [1.82, 2.24) is 0 Å². The van der Waals surface area contributed by atoms with Gasteiger partial charge in [0, 0.05) is 18.5 Å². The van der Waals surface area contributed by atoms with E-state index in [1.807, 2.05) is 0 Å². The van der Waals surface area contributed by atoms with E-state index in [0.717, 1.165) is 0 Å². The van der Waals surface area contributed by atoms with Gasteiger partial charge in [0.15, 0.2) is 0 Å². The van der Waals surface area contributed by atoms with E-state index >= 15 is 0 Å². The highest BCUT2D eigenvalue weighted by Gasteiger charge is 2.23. The fraction of sp³-hybridized carbons (Fsp3) is 0.417. The van der Waals surface area contributed by atoms with Gasteiger partial charge in [-0.1, -0.05) is 0 Å². The molecule has 2 rings (SSSR count). The van der Waals surface area contributed by atoms with Gasteiger partial charge in [-0.05, 0) is 24.3 Å². The average Bonchev–Trinajstić information content (AvgIpc) is 2.83. The Morgan fingerprint density at radius 1 is 1.35 bits per heavy atom. The SMILES string of the molecule is COCCS(=O)(=O)Nc1ccc(N2CCOC2=O)cc1. The van der Waals surface area contributed by atoms with E-state index in [-0.39, 0.29) is 12.4 Å². The van der Waals surface area contributed by atoms with E-state index in [4.69, 9.17) is 9.47 Å². The highest BCUT2D eigenvalue weighted by molar-refractivity contribution is 7.92. The number of nitrogens with zero attached hydrogens (tertiary/aromatic N) is 1. The number of sulfonamides is 1. The minimum atomic E-state index is -3.42. The van der Waals surface area contributed by atoms with Crippen molar-refractivity contribution in [3.8, 4) is 0 Å². The molecule has 7 nitrogen and oxygen atoms in total. The fourth-order valence-corrected chi connectivity index (χ4v) is 2.74. The Morgan fingerprint density at radius 3 is 2.60 bits per heavy atom. The molecule has 0 spiro atoms. The van der Waals surface area contributed by atoms with Crippen LogP contribution in [0.25, 0.3) is 0 Å². The van der Waals surface area contributed by atoms with Crippen molar-refractivity contribution in [1.29, 1.82) is 0 Å². The van der Waals surface area contributed by atoms with E-state index < -0.39 is 16.1 Å². The molecule has 0 aromatic heterocycles. The van der Waals surface area contributed by atoms with Gasteiger partial charge in [-0.25, -0.2) is 13.2 Å². The molecule has 1 heterocycles. The topological polar surface area (TPSA) is 84.9 Å². The summed E-state index contributed by atoms with van der Waals surface area (Å²) in [6.07, 6.45) is -0.390. The molecule has 110 valence electrons. The number of methoxy groups -OCH3 is 1. The third kappa shape index (κ3) is 3.61. The molecule has 1 aromatic carbocycles. The second kappa shape index (κ2) is 6.10. The number of anilines is 2. The van der Waals surface area contributed by atoms with Gasteiger partial charge in [0.05, 0.1) is 18.9 Å². The van der Waals surface area contributed by atoms with Gasteiger partial charge >= 0.3 is 6.09 Å². The standard InChI is InChI=1S/C12H16N2O5S/c1-18-8-9-20(16,17)13-10-2-4-11(5-3-10)14-6-7-19-12(14)15/h2-5,13H,6-9H2,1H3. The van der Waals surface area contributed by atoms with Crippen LogP contribution in [0.4, 0.5) is 16.2 Å². The largest absolute Gasteiger partial charge is 0.447 e. The van der Waals surface area contributed by atoms with Gasteiger partial charge in [0.25, 0.3) is 0 Å². The molecule has 1 aliphatic heterocycles. The van der Waals surface area contributed by atoms with Crippen LogP contribution in [-0.2, 0) is 19.5 Å². The lowest BCUT2D eigenvalue weighted by atomic mass is 10.2. The number of cyclic esters (lactones) is 1.